The van der Waals surface area contributed by atoms with Gasteiger partial charge in [0.1, 0.15) is 13.0 Å². The zero-order chi connectivity index (χ0) is 104. The van der Waals surface area contributed by atoms with E-state index < -0.39 is 89.3 Å². The average Bonchev–Trinajstić information content (AvgIpc) is 1.62. The molecule has 820 valence electrons. The first-order valence-electron chi connectivity index (χ1n) is 53.0. The number of fused-ring (bicyclic) bond motifs is 2. The number of halogens is 22. The Morgan fingerprint density at radius 2 is 0.441 bits per heavy atom. The molecule has 10 aliphatic carbocycles. The van der Waals surface area contributed by atoms with Crippen molar-refractivity contribution in [3.05, 3.63) is 14.9 Å². The van der Waals surface area contributed by atoms with Crippen molar-refractivity contribution in [3.8, 4) is 0 Å². The van der Waals surface area contributed by atoms with Crippen molar-refractivity contribution in [3.63, 3.8) is 0 Å². The normalized spacial score (nSPS) is 25.0. The molecule has 12 unspecified atom stereocenters. The Hall–Kier alpha value is 8.92. The van der Waals surface area contributed by atoms with Crippen LogP contribution in [0, 0.1) is 110 Å². The van der Waals surface area contributed by atoms with E-state index in [1.54, 1.807) is 41.5 Å². The van der Waals surface area contributed by atoms with Gasteiger partial charge in [0.2, 0.25) is 26.8 Å². The standard InChI is InChI=1S/2C18H36OSi.2C11H22Cl2Si.2C9H18Cl2Si.2C8H15Cl3Si.3C3H6Cl2.2CH3.2ClH.Zr/c2*1-12-9-15-11-13(2)17(14(3)16(15)10-12)19-20(7,8)18(4,5)6;2*1-14(12,13)10-6-2-3-7-11-8-4-5-9-11;2*1-12(10,11)8-4-7-9-5-2-3-6-9;2*9-12(10,11)7-3-6-8-4-1-2-5-8;3*1-3(2,4)5;;;;;/h2*12-17H,9-11H2,1-8H3;2*11H,2-10H2,1H3;2*9H,2-8H2,1H3;2*8H,1-7H2;3*1-2H3;2*1H3;2*1H;/q;;;;;;;;;;;2*-1;;;+4/p-2. The van der Waals surface area contributed by atoms with Gasteiger partial charge in [-0.1, -0.05) is 340 Å². The molecule has 0 aromatic heterocycles. The van der Waals surface area contributed by atoms with E-state index in [0.717, 1.165) is 144 Å². The molecule has 33 heteroatoms. The zero-order valence-corrected chi connectivity index (χ0v) is 118. The summed E-state index contributed by atoms with van der Waals surface area (Å²) < 4.78 is 12.0. The van der Waals surface area contributed by atoms with Crippen LogP contribution in [-0.2, 0) is 29.7 Å². The number of rotatable bonds is 32. The fourth-order valence-electron chi connectivity index (χ4n) is 21.4. The Bertz CT molecular complexity index is 2550. The Kier molecular flexibility index (Phi) is 85.1. The molecule has 0 amide bonds. The Morgan fingerprint density at radius 3 is 0.618 bits per heavy atom. The third kappa shape index (κ3) is 87.9. The number of unbranched alkanes of at least 4 members (excludes halogenated alkanes) is 4. The van der Waals surface area contributed by atoms with Crippen LogP contribution in [0.15, 0.2) is 0 Å². The van der Waals surface area contributed by atoms with E-state index in [0.29, 0.717) is 22.3 Å². The van der Waals surface area contributed by atoms with Gasteiger partial charge in [-0.15, -0.1) is 225 Å². The van der Waals surface area contributed by atoms with Crippen LogP contribution in [0.3, 0.4) is 0 Å². The van der Waals surface area contributed by atoms with Crippen LogP contribution in [0.1, 0.15) is 420 Å². The van der Waals surface area contributed by atoms with Crippen LogP contribution < -0.4 is 0 Å². The quantitative estimate of drug-likeness (QED) is 0.0220. The summed E-state index contributed by atoms with van der Waals surface area (Å²) in [6, 6.07) is 1.35. The summed E-state index contributed by atoms with van der Waals surface area (Å²) in [6.07, 6.45) is 65.1. The van der Waals surface area contributed by atoms with Gasteiger partial charge < -0.3 is 23.7 Å². The number of alkyl halides is 6. The molecule has 0 aromatic carbocycles. The fourth-order valence-corrected chi connectivity index (χ4v) is 34.6. The predicted molar refractivity (Wildman–Crippen MR) is 657 cm³/mol. The van der Waals surface area contributed by atoms with Crippen LogP contribution >= 0.6 is 242 Å². The Balaban J connectivity index is -0.000000716. The molecule has 0 bridgehead atoms. The molecule has 10 saturated carbocycles. The summed E-state index contributed by atoms with van der Waals surface area (Å²) in [5, 5.41) is 0.651. The molecule has 2 nitrogen and oxygen atoms in total. The molecular weight excluding hydrogens is 2370 g/mol. The third-order valence-electron chi connectivity index (χ3n) is 30.2. The number of hydrogen-bond acceptors (Lipinski definition) is 2. The van der Waals surface area contributed by atoms with E-state index in [1.165, 1.54) is 283 Å². The third-order valence-corrected chi connectivity index (χ3v) is 53.9. The molecule has 10 rings (SSSR count). The molecule has 12 atom stereocenters. The van der Waals surface area contributed by atoms with Crippen molar-refractivity contribution in [2.75, 3.05) is 0 Å². The van der Waals surface area contributed by atoms with Crippen molar-refractivity contribution in [1.29, 1.82) is 0 Å². The summed E-state index contributed by atoms with van der Waals surface area (Å²) in [5.74, 6) is 14.6. The van der Waals surface area contributed by atoms with Crippen LogP contribution in [0.25, 0.3) is 0 Å². The zero-order valence-electron chi connectivity index (χ0n) is 91.3. The second-order valence-corrected chi connectivity index (χ2v) is 119. The summed E-state index contributed by atoms with van der Waals surface area (Å²) >= 11 is 114. The van der Waals surface area contributed by atoms with E-state index in [-0.39, 0.29) is 14.9 Å². The van der Waals surface area contributed by atoms with Crippen LogP contribution in [0.2, 0.25) is 98.7 Å². The van der Waals surface area contributed by atoms with Crippen molar-refractivity contribution in [1.82, 2.24) is 0 Å². The van der Waals surface area contributed by atoms with Gasteiger partial charge in [0.25, 0.3) is 0 Å². The summed E-state index contributed by atoms with van der Waals surface area (Å²) in [5.41, 5.74) is 0. The van der Waals surface area contributed by atoms with Gasteiger partial charge >= 0.3 is 49.9 Å². The minimum absolute atomic E-state index is 0. The molecule has 0 radical (unpaired) electrons. The minimum atomic E-state index is -2.31. The second-order valence-electron chi connectivity index (χ2n) is 48.1. The van der Waals surface area contributed by atoms with Crippen molar-refractivity contribution < 1.29 is 29.7 Å². The molecule has 10 fully saturated rings. The van der Waals surface area contributed by atoms with Crippen LogP contribution in [0.4, 0.5) is 0 Å². The monoisotopic (exact) mass is 2560 g/mol. The summed E-state index contributed by atoms with van der Waals surface area (Å²) in [7, 11) is 6.59. The first-order chi connectivity index (χ1) is 60.9. The molecule has 0 heterocycles. The van der Waals surface area contributed by atoms with Gasteiger partial charge in [0.05, 0.1) is 12.2 Å². The van der Waals surface area contributed by atoms with E-state index in [1.807, 2.05) is 26.2 Å². The first kappa shape index (κ1) is 151. The Morgan fingerprint density at radius 1 is 0.265 bits per heavy atom. The van der Waals surface area contributed by atoms with Crippen LogP contribution in [-0.4, -0.2) is 80.6 Å². The average molecular weight is 2570 g/mol. The molecule has 136 heavy (non-hydrogen) atoms. The van der Waals surface area contributed by atoms with E-state index in [9.17, 15) is 0 Å². The predicted octanol–water partition coefficient (Wildman–Crippen LogP) is 49.1. The van der Waals surface area contributed by atoms with Gasteiger partial charge in [-0.25, -0.2) is 0 Å². The van der Waals surface area contributed by atoms with E-state index in [4.69, 9.17) is 251 Å². The molecule has 0 spiro atoms. The molecule has 10 aliphatic rings. The van der Waals surface area contributed by atoms with Crippen molar-refractivity contribution >= 4 is 297 Å². The first-order valence-corrected chi connectivity index (χ1v) is 96.9. The van der Waals surface area contributed by atoms with Crippen molar-refractivity contribution in [2.45, 2.75) is 544 Å². The van der Waals surface area contributed by atoms with Gasteiger partial charge in [-0.2, -0.15) is 0 Å². The molecule has 0 saturated heterocycles. The van der Waals surface area contributed by atoms with Gasteiger partial charge in [-0.3, -0.25) is 0 Å². The van der Waals surface area contributed by atoms with Gasteiger partial charge in [0, 0.05) is 0 Å². The number of hydrogen-bond donors (Lipinski definition) is 0. The summed E-state index contributed by atoms with van der Waals surface area (Å²) in [4.78, 5) is 0. The topological polar surface area (TPSA) is 18.5 Å². The van der Waals surface area contributed by atoms with Gasteiger partial charge in [0.15, 0.2) is 16.6 Å². The Labute approximate surface area is 968 Å². The SMILES string of the molecule is CC(C)(Cl)Cl.CC(C)(Cl)Cl.CC(C)(Cl)Cl.CC1CC2CC(C)C(O[Si](C)(C)C(C)(C)C)C(C)C2C1.CC1CC2CC(C)C(O[Si](C)(C)C(C)(C)C)C(C)C2C1.C[Si](Cl)(Cl)CCCC1CCCC1.C[Si](Cl)(Cl)CCCC1CCCC1.C[Si](Cl)(Cl)CCCCCC1CCCC1.C[Si](Cl)(Cl)CCCCCC1CCCC1.Cl[Si](Cl)(Cl)CCCC1CCCC1.Cl[Si](Cl)(Cl)CCCC1CCCC1.[CH3-].[CH3-].[Cl][Zr+2][Cl]. The molecule has 0 aromatic rings. The molecule has 0 N–H and O–H groups in total. The van der Waals surface area contributed by atoms with E-state index in [2.05, 4.69) is 109 Å². The fraction of sp³-hybridized carbons (Fsp3) is 0.981. The van der Waals surface area contributed by atoms with Crippen LogP contribution in [0.5, 0.6) is 0 Å². The van der Waals surface area contributed by atoms with Crippen molar-refractivity contribution in [2.24, 2.45) is 94.7 Å². The van der Waals surface area contributed by atoms with Gasteiger partial charge in [-0.05, 0) is 273 Å². The maximum absolute atomic E-state index is 6.85. The summed E-state index contributed by atoms with van der Waals surface area (Å²) in [6.45, 7) is 49.7. The second kappa shape index (κ2) is 76.6. The maximum atomic E-state index is 6.85. The molecular formula is C103H206Cl22O2Si8Zr. The molecule has 0 aliphatic heterocycles. The van der Waals surface area contributed by atoms with E-state index >= 15 is 0 Å².